The summed E-state index contributed by atoms with van der Waals surface area (Å²) in [4.78, 5) is 11.2. The standard InChI is InChI=1S/C11H11ClF3NO2/c1-6(10(17)18-2)16-9-4-3-7(12)5-8(9)11(13,14)15/h3-6,16H,1-2H3. The Hall–Kier alpha value is -1.43. The molecule has 0 radical (unpaired) electrons. The van der Waals surface area contributed by atoms with Crippen LogP contribution >= 0.6 is 11.6 Å². The molecule has 0 aromatic heterocycles. The number of hydrogen-bond acceptors (Lipinski definition) is 3. The molecule has 0 aliphatic carbocycles. The van der Waals surface area contributed by atoms with E-state index in [1.807, 2.05) is 0 Å². The fourth-order valence-corrected chi connectivity index (χ4v) is 1.52. The lowest BCUT2D eigenvalue weighted by Crippen LogP contribution is -2.28. The van der Waals surface area contributed by atoms with Crippen molar-refractivity contribution in [2.75, 3.05) is 12.4 Å². The van der Waals surface area contributed by atoms with Crippen molar-refractivity contribution in [1.29, 1.82) is 0 Å². The largest absolute Gasteiger partial charge is 0.467 e. The van der Waals surface area contributed by atoms with Crippen molar-refractivity contribution in [3.63, 3.8) is 0 Å². The maximum Gasteiger partial charge on any atom is 0.418 e. The van der Waals surface area contributed by atoms with Gasteiger partial charge in [0.2, 0.25) is 0 Å². The number of methoxy groups -OCH3 is 1. The Labute approximate surface area is 107 Å². The minimum atomic E-state index is -4.55. The number of anilines is 1. The van der Waals surface area contributed by atoms with Crippen molar-refractivity contribution in [3.8, 4) is 0 Å². The summed E-state index contributed by atoms with van der Waals surface area (Å²) < 4.78 is 42.7. The number of ether oxygens (including phenoxy) is 1. The van der Waals surface area contributed by atoms with Crippen LogP contribution in [0, 0.1) is 0 Å². The summed E-state index contributed by atoms with van der Waals surface area (Å²) in [7, 11) is 1.16. The molecular formula is C11H11ClF3NO2. The van der Waals surface area contributed by atoms with Crippen molar-refractivity contribution in [2.45, 2.75) is 19.1 Å². The molecule has 100 valence electrons. The Balaban J connectivity index is 3.06. The van der Waals surface area contributed by atoms with Gasteiger partial charge in [-0.25, -0.2) is 4.79 Å². The molecule has 1 N–H and O–H groups in total. The first kappa shape index (κ1) is 14.6. The van der Waals surface area contributed by atoms with Gasteiger partial charge >= 0.3 is 12.1 Å². The predicted octanol–water partition coefficient (Wildman–Crippen LogP) is 3.33. The molecule has 0 heterocycles. The van der Waals surface area contributed by atoms with Gasteiger partial charge in [-0.3, -0.25) is 0 Å². The molecule has 3 nitrogen and oxygen atoms in total. The summed E-state index contributed by atoms with van der Waals surface area (Å²) in [6.07, 6.45) is -4.55. The first-order valence-corrected chi connectivity index (χ1v) is 5.34. The number of nitrogens with one attached hydrogen (secondary N) is 1. The maximum atomic E-state index is 12.7. The van der Waals surface area contributed by atoms with Crippen LogP contribution in [-0.4, -0.2) is 19.1 Å². The highest BCUT2D eigenvalue weighted by Gasteiger charge is 2.34. The average Bonchev–Trinajstić information content (AvgIpc) is 2.28. The fraction of sp³-hybridized carbons (Fsp3) is 0.364. The van der Waals surface area contributed by atoms with Gasteiger partial charge in [0.25, 0.3) is 0 Å². The summed E-state index contributed by atoms with van der Waals surface area (Å²) in [6.45, 7) is 1.40. The van der Waals surface area contributed by atoms with Crippen LogP contribution < -0.4 is 5.32 Å². The number of carbonyl (C=O) groups is 1. The molecule has 0 amide bonds. The van der Waals surface area contributed by atoms with Gasteiger partial charge in [-0.15, -0.1) is 0 Å². The zero-order valence-corrected chi connectivity index (χ0v) is 10.4. The Bertz CT molecular complexity index is 448. The normalized spacial score (nSPS) is 13.0. The Morgan fingerprint density at radius 1 is 1.44 bits per heavy atom. The molecule has 0 aliphatic heterocycles. The summed E-state index contributed by atoms with van der Waals surface area (Å²) >= 11 is 5.53. The van der Waals surface area contributed by atoms with Gasteiger partial charge in [0.05, 0.1) is 12.7 Å². The molecule has 18 heavy (non-hydrogen) atoms. The molecule has 0 spiro atoms. The molecule has 1 aromatic carbocycles. The monoisotopic (exact) mass is 281 g/mol. The van der Waals surface area contributed by atoms with E-state index in [1.54, 1.807) is 0 Å². The van der Waals surface area contributed by atoms with Gasteiger partial charge in [-0.05, 0) is 25.1 Å². The second-order valence-electron chi connectivity index (χ2n) is 3.58. The van der Waals surface area contributed by atoms with Gasteiger partial charge in [0.15, 0.2) is 0 Å². The Morgan fingerprint density at radius 3 is 2.56 bits per heavy atom. The van der Waals surface area contributed by atoms with E-state index in [-0.39, 0.29) is 10.7 Å². The van der Waals surface area contributed by atoms with Crippen molar-refractivity contribution in [1.82, 2.24) is 0 Å². The number of alkyl halides is 3. The van der Waals surface area contributed by atoms with Crippen LogP contribution in [0.15, 0.2) is 18.2 Å². The SMILES string of the molecule is COC(=O)C(C)Nc1ccc(Cl)cc1C(F)(F)F. The number of carbonyl (C=O) groups excluding carboxylic acids is 1. The number of esters is 1. The van der Waals surface area contributed by atoms with Crippen molar-refractivity contribution in [3.05, 3.63) is 28.8 Å². The lowest BCUT2D eigenvalue weighted by atomic mass is 10.1. The van der Waals surface area contributed by atoms with E-state index in [0.717, 1.165) is 13.2 Å². The minimum absolute atomic E-state index is 0.0291. The summed E-state index contributed by atoms with van der Waals surface area (Å²) in [5, 5.41) is 2.41. The Kier molecular flexibility index (Phi) is 4.45. The average molecular weight is 282 g/mol. The van der Waals surface area contributed by atoms with E-state index in [4.69, 9.17) is 11.6 Å². The van der Waals surface area contributed by atoms with Crippen LogP contribution in [0.3, 0.4) is 0 Å². The quantitative estimate of drug-likeness (QED) is 0.864. The number of benzene rings is 1. The molecule has 1 atom stereocenters. The van der Waals surface area contributed by atoms with Gasteiger partial charge in [0, 0.05) is 10.7 Å². The summed E-state index contributed by atoms with van der Waals surface area (Å²) in [6, 6.07) is 2.39. The smallest absolute Gasteiger partial charge is 0.418 e. The topological polar surface area (TPSA) is 38.3 Å². The lowest BCUT2D eigenvalue weighted by molar-refractivity contribution is -0.141. The lowest BCUT2D eigenvalue weighted by Gasteiger charge is -2.18. The maximum absolute atomic E-state index is 12.7. The van der Waals surface area contributed by atoms with Crippen LogP contribution in [0.5, 0.6) is 0 Å². The zero-order valence-electron chi connectivity index (χ0n) is 9.64. The number of hydrogen-bond donors (Lipinski definition) is 1. The molecule has 1 unspecified atom stereocenters. The van der Waals surface area contributed by atoms with Crippen LogP contribution in [0.25, 0.3) is 0 Å². The van der Waals surface area contributed by atoms with Crippen LogP contribution in [0.4, 0.5) is 18.9 Å². The molecular weight excluding hydrogens is 271 g/mol. The zero-order chi connectivity index (χ0) is 13.9. The highest BCUT2D eigenvalue weighted by molar-refractivity contribution is 6.30. The van der Waals surface area contributed by atoms with Crippen LogP contribution in [0.1, 0.15) is 12.5 Å². The van der Waals surface area contributed by atoms with E-state index in [0.29, 0.717) is 0 Å². The van der Waals surface area contributed by atoms with E-state index in [1.165, 1.54) is 19.1 Å². The van der Waals surface area contributed by atoms with E-state index in [2.05, 4.69) is 10.1 Å². The molecule has 0 aliphatic rings. The highest BCUT2D eigenvalue weighted by Crippen LogP contribution is 2.36. The second-order valence-corrected chi connectivity index (χ2v) is 4.01. The van der Waals surface area contributed by atoms with Gasteiger partial charge in [0.1, 0.15) is 6.04 Å². The van der Waals surface area contributed by atoms with Crippen LogP contribution in [0.2, 0.25) is 5.02 Å². The predicted molar refractivity (Wildman–Crippen MR) is 61.6 cm³/mol. The molecule has 0 saturated carbocycles. The van der Waals surface area contributed by atoms with Crippen molar-refractivity contribution in [2.24, 2.45) is 0 Å². The molecule has 1 rings (SSSR count). The molecule has 7 heteroatoms. The van der Waals surface area contributed by atoms with E-state index >= 15 is 0 Å². The minimum Gasteiger partial charge on any atom is -0.467 e. The first-order chi connectivity index (χ1) is 8.25. The number of halogens is 4. The second kappa shape index (κ2) is 5.48. The van der Waals surface area contributed by atoms with Crippen molar-refractivity contribution >= 4 is 23.3 Å². The van der Waals surface area contributed by atoms with Gasteiger partial charge in [-0.2, -0.15) is 13.2 Å². The first-order valence-electron chi connectivity index (χ1n) is 4.97. The molecule has 0 fully saturated rings. The highest BCUT2D eigenvalue weighted by atomic mass is 35.5. The van der Waals surface area contributed by atoms with Crippen molar-refractivity contribution < 1.29 is 22.7 Å². The summed E-state index contributed by atoms with van der Waals surface area (Å²) in [5.74, 6) is -0.655. The Morgan fingerprint density at radius 2 is 2.06 bits per heavy atom. The third-order valence-electron chi connectivity index (χ3n) is 2.21. The molecule has 0 bridgehead atoms. The molecule has 0 saturated heterocycles. The third kappa shape index (κ3) is 3.53. The fourth-order valence-electron chi connectivity index (χ4n) is 1.35. The van der Waals surface area contributed by atoms with E-state index < -0.39 is 23.8 Å². The van der Waals surface area contributed by atoms with E-state index in [9.17, 15) is 18.0 Å². The molecule has 1 aromatic rings. The summed E-state index contributed by atoms with van der Waals surface area (Å²) in [5.41, 5.74) is -1.14. The van der Waals surface area contributed by atoms with Crippen LogP contribution in [-0.2, 0) is 15.7 Å². The van der Waals surface area contributed by atoms with Gasteiger partial charge < -0.3 is 10.1 Å². The number of rotatable bonds is 3. The van der Waals surface area contributed by atoms with Gasteiger partial charge in [-0.1, -0.05) is 11.6 Å². The third-order valence-corrected chi connectivity index (χ3v) is 2.45.